The fraction of sp³-hybridized carbons (Fsp3) is 0.286. The van der Waals surface area contributed by atoms with Crippen molar-refractivity contribution < 1.29 is 8.78 Å². The van der Waals surface area contributed by atoms with Gasteiger partial charge in [0.15, 0.2) is 0 Å². The number of hydrogen-bond donors (Lipinski definition) is 2. The van der Waals surface area contributed by atoms with E-state index in [1.54, 1.807) is 6.20 Å². The van der Waals surface area contributed by atoms with Crippen LogP contribution in [-0.4, -0.2) is 29.3 Å². The smallest absolute Gasteiger partial charge is 0.127 e. The summed E-state index contributed by atoms with van der Waals surface area (Å²) < 4.78 is 27.0. The molecule has 0 unspecified atom stereocenters. The second-order valence-corrected chi connectivity index (χ2v) is 6.90. The molecular formula is C21H22F2N4. The molecule has 2 N–H and O–H groups in total. The van der Waals surface area contributed by atoms with Gasteiger partial charge < -0.3 is 10.2 Å². The topological polar surface area (TPSA) is 44.0 Å². The van der Waals surface area contributed by atoms with Crippen molar-refractivity contribution in [1.82, 2.24) is 15.5 Å². The molecule has 0 spiro atoms. The SMILES string of the molecule is Fc1ccc(F)c(CNC2CCN(c3ccc(-c4ccn[nH]4)cc3)CC2)c1. The number of H-pyrrole nitrogens is 1. The standard InChI is InChI=1S/C21H22F2N4/c22-17-3-6-20(23)16(13-17)14-24-18-8-11-27(12-9-18)19-4-1-15(2-5-19)21-7-10-25-26-21/h1-7,10,13,18,24H,8-9,11-12,14H2,(H,25,26). The second-order valence-electron chi connectivity index (χ2n) is 6.90. The Labute approximate surface area is 157 Å². The number of aromatic nitrogens is 2. The number of hydrogen-bond acceptors (Lipinski definition) is 3. The van der Waals surface area contributed by atoms with Crippen molar-refractivity contribution in [3.05, 3.63) is 71.9 Å². The van der Waals surface area contributed by atoms with Crippen molar-refractivity contribution >= 4 is 5.69 Å². The van der Waals surface area contributed by atoms with E-state index in [1.165, 1.54) is 17.8 Å². The van der Waals surface area contributed by atoms with Gasteiger partial charge in [-0.15, -0.1) is 0 Å². The molecule has 2 aromatic carbocycles. The number of rotatable bonds is 5. The molecular weight excluding hydrogens is 346 g/mol. The van der Waals surface area contributed by atoms with Gasteiger partial charge in [-0.2, -0.15) is 5.10 Å². The van der Waals surface area contributed by atoms with Crippen LogP contribution in [0.3, 0.4) is 0 Å². The van der Waals surface area contributed by atoms with Gasteiger partial charge in [0, 0.05) is 43.1 Å². The van der Waals surface area contributed by atoms with Gasteiger partial charge in [0.05, 0.1) is 5.69 Å². The quantitative estimate of drug-likeness (QED) is 0.712. The highest BCUT2D eigenvalue weighted by Crippen LogP contribution is 2.24. The minimum atomic E-state index is -0.401. The lowest BCUT2D eigenvalue weighted by atomic mass is 10.0. The van der Waals surface area contributed by atoms with Crippen LogP contribution < -0.4 is 10.2 Å². The van der Waals surface area contributed by atoms with Crippen LogP contribution >= 0.6 is 0 Å². The van der Waals surface area contributed by atoms with Crippen LogP contribution in [0.25, 0.3) is 11.3 Å². The summed E-state index contributed by atoms with van der Waals surface area (Å²) in [6.07, 6.45) is 3.69. The third-order valence-corrected chi connectivity index (χ3v) is 5.13. The van der Waals surface area contributed by atoms with Crippen LogP contribution in [0.2, 0.25) is 0 Å². The number of piperidine rings is 1. The predicted molar refractivity (Wildman–Crippen MR) is 102 cm³/mol. The Morgan fingerprint density at radius 2 is 1.81 bits per heavy atom. The molecule has 1 fully saturated rings. The molecule has 0 atom stereocenters. The first-order valence-corrected chi connectivity index (χ1v) is 9.21. The van der Waals surface area contributed by atoms with Gasteiger partial charge in [0.25, 0.3) is 0 Å². The van der Waals surface area contributed by atoms with Crippen LogP contribution in [0.5, 0.6) is 0 Å². The van der Waals surface area contributed by atoms with Gasteiger partial charge in [-0.05, 0) is 54.8 Å². The Bertz CT molecular complexity index is 870. The molecule has 140 valence electrons. The van der Waals surface area contributed by atoms with Gasteiger partial charge in [-0.25, -0.2) is 8.78 Å². The molecule has 0 radical (unpaired) electrons. The first kappa shape index (κ1) is 17.7. The summed E-state index contributed by atoms with van der Waals surface area (Å²) in [5.74, 6) is -0.764. The third kappa shape index (κ3) is 4.17. The molecule has 6 heteroatoms. The molecule has 2 heterocycles. The fourth-order valence-corrected chi connectivity index (χ4v) is 3.54. The van der Waals surface area contributed by atoms with Crippen molar-refractivity contribution in [3.8, 4) is 11.3 Å². The molecule has 0 amide bonds. The maximum Gasteiger partial charge on any atom is 0.127 e. The number of nitrogens with zero attached hydrogens (tertiary/aromatic N) is 2. The number of benzene rings is 2. The van der Waals surface area contributed by atoms with Crippen LogP contribution in [0, 0.1) is 11.6 Å². The van der Waals surface area contributed by atoms with E-state index in [9.17, 15) is 8.78 Å². The van der Waals surface area contributed by atoms with Crippen molar-refractivity contribution in [2.24, 2.45) is 0 Å². The average Bonchev–Trinajstić information content (AvgIpc) is 3.24. The maximum absolute atomic E-state index is 13.7. The normalized spacial score (nSPS) is 15.3. The molecule has 1 aromatic heterocycles. The zero-order valence-corrected chi connectivity index (χ0v) is 15.0. The lowest BCUT2D eigenvalue weighted by molar-refractivity contribution is 0.409. The Morgan fingerprint density at radius 3 is 2.52 bits per heavy atom. The lowest BCUT2D eigenvalue weighted by Crippen LogP contribution is -2.42. The van der Waals surface area contributed by atoms with Crippen molar-refractivity contribution in [3.63, 3.8) is 0 Å². The summed E-state index contributed by atoms with van der Waals surface area (Å²) in [6.45, 7) is 2.23. The summed E-state index contributed by atoms with van der Waals surface area (Å²) in [7, 11) is 0. The molecule has 1 aliphatic heterocycles. The molecule has 4 nitrogen and oxygen atoms in total. The number of nitrogens with one attached hydrogen (secondary N) is 2. The first-order valence-electron chi connectivity index (χ1n) is 9.21. The minimum absolute atomic E-state index is 0.313. The van der Waals surface area contributed by atoms with Crippen molar-refractivity contribution in [2.75, 3.05) is 18.0 Å². The molecule has 1 saturated heterocycles. The summed E-state index contributed by atoms with van der Waals surface area (Å²) in [5.41, 5.74) is 3.71. The highest BCUT2D eigenvalue weighted by molar-refractivity contribution is 5.62. The van der Waals surface area contributed by atoms with E-state index in [1.807, 2.05) is 6.07 Å². The van der Waals surface area contributed by atoms with Gasteiger partial charge in [0.2, 0.25) is 0 Å². The average molecular weight is 368 g/mol. The first-order chi connectivity index (χ1) is 13.2. The minimum Gasteiger partial charge on any atom is -0.371 e. The molecule has 0 saturated carbocycles. The zero-order valence-electron chi connectivity index (χ0n) is 15.0. The second kappa shape index (κ2) is 7.88. The molecule has 27 heavy (non-hydrogen) atoms. The molecule has 4 rings (SSSR count). The Hall–Kier alpha value is -2.73. The molecule has 0 bridgehead atoms. The van der Waals surface area contributed by atoms with Crippen molar-refractivity contribution in [2.45, 2.75) is 25.4 Å². The summed E-state index contributed by atoms with van der Waals surface area (Å²) in [5, 5.41) is 10.3. The fourth-order valence-electron chi connectivity index (χ4n) is 3.54. The molecule has 1 aliphatic rings. The monoisotopic (exact) mass is 368 g/mol. The Balaban J connectivity index is 1.30. The summed E-state index contributed by atoms with van der Waals surface area (Å²) in [6, 6.07) is 14.3. The van der Waals surface area contributed by atoms with Gasteiger partial charge in [-0.3, -0.25) is 5.10 Å². The highest BCUT2D eigenvalue weighted by Gasteiger charge is 2.19. The largest absolute Gasteiger partial charge is 0.371 e. The van der Waals surface area contributed by atoms with E-state index in [2.05, 4.69) is 44.7 Å². The van der Waals surface area contributed by atoms with Gasteiger partial charge >= 0.3 is 0 Å². The predicted octanol–water partition coefficient (Wildman–Crippen LogP) is 4.11. The summed E-state index contributed by atoms with van der Waals surface area (Å²) in [4.78, 5) is 2.36. The summed E-state index contributed by atoms with van der Waals surface area (Å²) >= 11 is 0. The zero-order chi connectivity index (χ0) is 18.6. The Kier molecular flexibility index (Phi) is 5.16. The van der Waals surface area contributed by atoms with Crippen LogP contribution in [0.15, 0.2) is 54.7 Å². The van der Waals surface area contributed by atoms with E-state index in [0.717, 1.165) is 43.3 Å². The van der Waals surface area contributed by atoms with Crippen LogP contribution in [0.1, 0.15) is 18.4 Å². The Morgan fingerprint density at radius 1 is 1.04 bits per heavy atom. The van der Waals surface area contributed by atoms with Gasteiger partial charge in [0.1, 0.15) is 11.6 Å². The number of aromatic amines is 1. The molecule has 0 aliphatic carbocycles. The van der Waals surface area contributed by atoms with E-state index in [4.69, 9.17) is 0 Å². The maximum atomic E-state index is 13.7. The lowest BCUT2D eigenvalue weighted by Gasteiger charge is -2.34. The van der Waals surface area contributed by atoms with E-state index in [0.29, 0.717) is 18.2 Å². The third-order valence-electron chi connectivity index (χ3n) is 5.13. The van der Waals surface area contributed by atoms with Crippen molar-refractivity contribution in [1.29, 1.82) is 0 Å². The van der Waals surface area contributed by atoms with E-state index in [-0.39, 0.29) is 5.82 Å². The highest BCUT2D eigenvalue weighted by atomic mass is 19.1. The van der Waals surface area contributed by atoms with Crippen LogP contribution in [-0.2, 0) is 6.54 Å². The van der Waals surface area contributed by atoms with E-state index >= 15 is 0 Å². The number of anilines is 1. The van der Waals surface area contributed by atoms with E-state index < -0.39 is 5.82 Å². The van der Waals surface area contributed by atoms with Crippen LogP contribution in [0.4, 0.5) is 14.5 Å². The van der Waals surface area contributed by atoms with Gasteiger partial charge in [-0.1, -0.05) is 12.1 Å². The number of halogens is 2. The molecule has 3 aromatic rings.